The van der Waals surface area contributed by atoms with Crippen molar-refractivity contribution in [3.05, 3.63) is 15.6 Å². The Hall–Kier alpha value is -0.850. The van der Waals surface area contributed by atoms with Crippen LogP contribution in [0.15, 0.2) is 0 Å². The lowest BCUT2D eigenvalue weighted by atomic mass is 10.2. The fourth-order valence-electron chi connectivity index (χ4n) is 1.69. The van der Waals surface area contributed by atoms with E-state index in [1.165, 1.54) is 4.88 Å². The van der Waals surface area contributed by atoms with Gasteiger partial charge in [-0.05, 0) is 27.7 Å². The van der Waals surface area contributed by atoms with Gasteiger partial charge in [0, 0.05) is 23.4 Å². The van der Waals surface area contributed by atoms with Gasteiger partial charge in [0.25, 0.3) is 0 Å². The van der Waals surface area contributed by atoms with Crippen molar-refractivity contribution < 1.29 is 0 Å². The van der Waals surface area contributed by atoms with Gasteiger partial charge in [0.1, 0.15) is 0 Å². The molecule has 0 bridgehead atoms. The third kappa shape index (κ3) is 3.33. The van der Waals surface area contributed by atoms with Crippen LogP contribution in [-0.4, -0.2) is 11.0 Å². The minimum Gasteiger partial charge on any atom is -0.306 e. The quantitative estimate of drug-likeness (QED) is 0.792. The van der Waals surface area contributed by atoms with Gasteiger partial charge in [0.15, 0.2) is 0 Å². The topological polar surface area (TPSA) is 24.9 Å². The summed E-state index contributed by atoms with van der Waals surface area (Å²) in [5.41, 5.74) is 1.13. The van der Waals surface area contributed by atoms with Crippen molar-refractivity contribution in [2.24, 2.45) is 0 Å². The molecule has 1 aromatic heterocycles. The molecule has 0 saturated carbocycles. The monoisotopic (exact) mass is 222 g/mol. The third-order valence-electron chi connectivity index (χ3n) is 2.29. The van der Waals surface area contributed by atoms with Crippen LogP contribution in [0.1, 0.15) is 41.9 Å². The van der Waals surface area contributed by atoms with E-state index in [2.05, 4.69) is 37.0 Å². The van der Waals surface area contributed by atoms with Gasteiger partial charge in [0.05, 0.1) is 10.7 Å². The summed E-state index contributed by atoms with van der Waals surface area (Å²) in [6.07, 6.45) is 6.04. The van der Waals surface area contributed by atoms with E-state index in [1.54, 1.807) is 11.3 Å². The van der Waals surface area contributed by atoms with Crippen LogP contribution in [0.4, 0.5) is 0 Å². The van der Waals surface area contributed by atoms with Crippen molar-refractivity contribution in [2.45, 2.75) is 46.2 Å². The Labute approximate surface area is 96.1 Å². The lowest BCUT2D eigenvalue weighted by Crippen LogP contribution is -2.28. The predicted octanol–water partition coefficient (Wildman–Crippen LogP) is 2.82. The minimum absolute atomic E-state index is 0.333. The van der Waals surface area contributed by atoms with Crippen LogP contribution in [0.3, 0.4) is 0 Å². The van der Waals surface area contributed by atoms with E-state index >= 15 is 0 Å². The number of thiazole rings is 1. The zero-order valence-corrected chi connectivity index (χ0v) is 10.6. The molecule has 1 heterocycles. The molecule has 1 rings (SSSR count). The second kappa shape index (κ2) is 5.29. The summed E-state index contributed by atoms with van der Waals surface area (Å²) in [4.78, 5) is 5.74. The molecule has 2 nitrogen and oxygen atoms in total. The number of aryl methyl sites for hydroxylation is 2. The Balaban J connectivity index is 2.65. The molecule has 0 aliphatic heterocycles. The molecule has 0 fully saturated rings. The number of hydrogen-bond donors (Lipinski definition) is 1. The minimum atomic E-state index is 0.333. The number of hydrogen-bond acceptors (Lipinski definition) is 3. The number of nitrogens with zero attached hydrogens (tertiary/aromatic N) is 1. The molecule has 0 spiro atoms. The van der Waals surface area contributed by atoms with E-state index in [0.717, 1.165) is 17.1 Å². The first-order valence-corrected chi connectivity index (χ1v) is 5.99. The molecule has 82 valence electrons. The van der Waals surface area contributed by atoms with Gasteiger partial charge in [-0.15, -0.1) is 23.7 Å². The van der Waals surface area contributed by atoms with Gasteiger partial charge in [-0.1, -0.05) is 0 Å². The van der Waals surface area contributed by atoms with Gasteiger partial charge >= 0.3 is 0 Å². The van der Waals surface area contributed by atoms with E-state index in [0.29, 0.717) is 12.1 Å². The molecule has 0 radical (unpaired) electrons. The number of nitrogens with one attached hydrogen (secondary N) is 1. The maximum Gasteiger partial charge on any atom is 0.0900 e. The Morgan fingerprint density at radius 2 is 2.13 bits per heavy atom. The summed E-state index contributed by atoms with van der Waals surface area (Å²) in [6.45, 7) is 8.37. The summed E-state index contributed by atoms with van der Waals surface area (Å²) < 4.78 is 0. The second-order valence-corrected chi connectivity index (χ2v) is 5.11. The molecule has 0 aliphatic rings. The van der Waals surface area contributed by atoms with Gasteiger partial charge in [-0.2, -0.15) is 0 Å². The first-order valence-electron chi connectivity index (χ1n) is 5.18. The highest BCUT2D eigenvalue weighted by atomic mass is 32.1. The van der Waals surface area contributed by atoms with E-state index in [4.69, 9.17) is 6.42 Å². The first kappa shape index (κ1) is 12.2. The third-order valence-corrected chi connectivity index (χ3v) is 3.55. The molecule has 15 heavy (non-hydrogen) atoms. The zero-order valence-electron chi connectivity index (χ0n) is 9.79. The van der Waals surface area contributed by atoms with Crippen molar-refractivity contribution in [2.75, 3.05) is 0 Å². The molecule has 2 unspecified atom stereocenters. The maximum absolute atomic E-state index is 5.28. The van der Waals surface area contributed by atoms with E-state index in [9.17, 15) is 0 Å². The van der Waals surface area contributed by atoms with Crippen molar-refractivity contribution in [1.82, 2.24) is 10.3 Å². The second-order valence-electron chi connectivity index (χ2n) is 3.88. The Kier molecular flexibility index (Phi) is 4.31. The Morgan fingerprint density at radius 1 is 1.47 bits per heavy atom. The van der Waals surface area contributed by atoms with E-state index < -0.39 is 0 Å². The van der Waals surface area contributed by atoms with Crippen LogP contribution < -0.4 is 5.32 Å². The lowest BCUT2D eigenvalue weighted by molar-refractivity contribution is 0.489. The SMILES string of the molecule is C#CCC(C)NC(C)c1sc(C)nc1C. The van der Waals surface area contributed by atoms with Crippen molar-refractivity contribution in [1.29, 1.82) is 0 Å². The number of terminal acetylenes is 1. The normalized spacial score (nSPS) is 14.6. The van der Waals surface area contributed by atoms with Gasteiger partial charge in [0.2, 0.25) is 0 Å². The molecule has 1 N–H and O–H groups in total. The molecule has 0 aromatic carbocycles. The van der Waals surface area contributed by atoms with Crippen LogP contribution in [0.5, 0.6) is 0 Å². The molecule has 2 atom stereocenters. The molecule has 0 aliphatic carbocycles. The van der Waals surface area contributed by atoms with E-state index in [-0.39, 0.29) is 0 Å². The van der Waals surface area contributed by atoms with Crippen LogP contribution in [-0.2, 0) is 0 Å². The molecule has 1 aromatic rings. The summed E-state index contributed by atoms with van der Waals surface area (Å²) in [6, 6.07) is 0.686. The highest BCUT2D eigenvalue weighted by Crippen LogP contribution is 2.24. The molecular formula is C12H18N2S. The molecule has 0 saturated heterocycles. The molecular weight excluding hydrogens is 204 g/mol. The lowest BCUT2D eigenvalue weighted by Gasteiger charge is -2.17. The Morgan fingerprint density at radius 3 is 2.60 bits per heavy atom. The molecule has 0 amide bonds. The molecule has 3 heteroatoms. The highest BCUT2D eigenvalue weighted by molar-refractivity contribution is 7.11. The van der Waals surface area contributed by atoms with Crippen molar-refractivity contribution in [3.63, 3.8) is 0 Å². The number of aromatic nitrogens is 1. The van der Waals surface area contributed by atoms with Crippen LogP contribution in [0.2, 0.25) is 0 Å². The predicted molar refractivity (Wildman–Crippen MR) is 66.1 cm³/mol. The smallest absolute Gasteiger partial charge is 0.0900 e. The average molecular weight is 222 g/mol. The fraction of sp³-hybridized carbons (Fsp3) is 0.583. The summed E-state index contributed by atoms with van der Waals surface area (Å²) in [5, 5.41) is 4.60. The summed E-state index contributed by atoms with van der Waals surface area (Å²) >= 11 is 1.76. The highest BCUT2D eigenvalue weighted by Gasteiger charge is 2.14. The number of rotatable bonds is 4. The average Bonchev–Trinajstić information content (AvgIpc) is 2.45. The largest absolute Gasteiger partial charge is 0.306 e. The summed E-state index contributed by atoms with van der Waals surface area (Å²) in [5.74, 6) is 2.67. The van der Waals surface area contributed by atoms with Crippen molar-refractivity contribution >= 4 is 11.3 Å². The summed E-state index contributed by atoms with van der Waals surface area (Å²) in [7, 11) is 0. The Bertz CT molecular complexity index is 362. The van der Waals surface area contributed by atoms with E-state index in [1.807, 2.05) is 6.92 Å². The zero-order chi connectivity index (χ0) is 11.4. The van der Waals surface area contributed by atoms with Gasteiger partial charge < -0.3 is 5.32 Å². The fourth-order valence-corrected chi connectivity index (χ4v) is 2.63. The first-order chi connectivity index (χ1) is 7.04. The maximum atomic E-state index is 5.28. The van der Waals surface area contributed by atoms with Crippen LogP contribution in [0, 0.1) is 26.2 Å². The van der Waals surface area contributed by atoms with Crippen LogP contribution >= 0.6 is 11.3 Å². The van der Waals surface area contributed by atoms with Crippen molar-refractivity contribution in [3.8, 4) is 12.3 Å². The van der Waals surface area contributed by atoms with Crippen LogP contribution in [0.25, 0.3) is 0 Å². The standard InChI is InChI=1S/C12H18N2S/c1-6-7-8(2)13-9(3)12-10(4)14-11(5)15-12/h1,8-9,13H,7H2,2-5H3. The van der Waals surface area contributed by atoms with Gasteiger partial charge in [-0.3, -0.25) is 0 Å². The van der Waals surface area contributed by atoms with Gasteiger partial charge in [-0.25, -0.2) is 4.98 Å².